The lowest BCUT2D eigenvalue weighted by atomic mass is 9.96. The standard InChI is InChI=1S/C23H19F4N5O2/c1-31(18-5-6-34-19-7-11(23(25,26)27)3-4-12(18)19)22(33)13-8-14-17(9-16(13)24)30-21(28)15-10-29-32(2)20(14)15/h3-4,7-10,18H,5-6H2,1-2H3,(H2,28,30). The molecule has 0 fully saturated rings. The lowest BCUT2D eigenvalue weighted by molar-refractivity contribution is -0.137. The van der Waals surface area contributed by atoms with E-state index in [0.29, 0.717) is 28.3 Å². The number of nitrogen functional groups attached to an aromatic ring is 1. The minimum Gasteiger partial charge on any atom is -0.493 e. The van der Waals surface area contributed by atoms with Gasteiger partial charge in [-0.2, -0.15) is 18.3 Å². The van der Waals surface area contributed by atoms with Crippen LogP contribution in [0.5, 0.6) is 5.75 Å². The fraction of sp³-hybridized carbons (Fsp3) is 0.261. The smallest absolute Gasteiger partial charge is 0.416 e. The fourth-order valence-corrected chi connectivity index (χ4v) is 4.42. The molecule has 1 aliphatic heterocycles. The van der Waals surface area contributed by atoms with E-state index in [1.807, 2.05) is 0 Å². The molecule has 1 amide bonds. The number of fused-ring (bicyclic) bond motifs is 4. The molecule has 0 saturated heterocycles. The topological polar surface area (TPSA) is 86.3 Å². The number of ether oxygens (including phenoxy) is 1. The van der Waals surface area contributed by atoms with Crippen molar-refractivity contribution in [3.05, 3.63) is 59.0 Å². The molecular weight excluding hydrogens is 454 g/mol. The lowest BCUT2D eigenvalue weighted by Gasteiger charge is -2.33. The highest BCUT2D eigenvalue weighted by atomic mass is 19.4. The molecular formula is C23H19F4N5O2. The molecule has 11 heteroatoms. The fourth-order valence-electron chi connectivity index (χ4n) is 4.42. The molecule has 0 radical (unpaired) electrons. The zero-order valence-electron chi connectivity index (χ0n) is 18.2. The Morgan fingerprint density at radius 2 is 2.00 bits per heavy atom. The van der Waals surface area contributed by atoms with Crippen LogP contribution in [0.2, 0.25) is 0 Å². The van der Waals surface area contributed by atoms with E-state index in [1.54, 1.807) is 17.9 Å². The second-order valence-corrected chi connectivity index (χ2v) is 8.20. The van der Waals surface area contributed by atoms with E-state index in [-0.39, 0.29) is 29.3 Å². The van der Waals surface area contributed by atoms with Crippen LogP contribution in [0.25, 0.3) is 21.8 Å². The van der Waals surface area contributed by atoms with Crippen LogP contribution < -0.4 is 10.5 Å². The van der Waals surface area contributed by atoms with Gasteiger partial charge in [0.25, 0.3) is 5.91 Å². The van der Waals surface area contributed by atoms with Gasteiger partial charge in [-0.1, -0.05) is 6.07 Å². The van der Waals surface area contributed by atoms with Crippen molar-refractivity contribution in [2.75, 3.05) is 19.4 Å². The normalized spacial score (nSPS) is 15.9. The van der Waals surface area contributed by atoms with E-state index < -0.39 is 29.5 Å². The second kappa shape index (κ2) is 7.57. The number of benzene rings is 2. The third-order valence-corrected chi connectivity index (χ3v) is 6.16. The first-order valence-electron chi connectivity index (χ1n) is 10.4. The summed E-state index contributed by atoms with van der Waals surface area (Å²) in [6.07, 6.45) is -2.63. The molecule has 0 aliphatic carbocycles. The quantitative estimate of drug-likeness (QED) is 0.435. The van der Waals surface area contributed by atoms with Gasteiger partial charge in [-0.15, -0.1) is 0 Å². The predicted molar refractivity (Wildman–Crippen MR) is 117 cm³/mol. The van der Waals surface area contributed by atoms with Crippen molar-refractivity contribution in [1.82, 2.24) is 19.7 Å². The van der Waals surface area contributed by atoms with Crippen molar-refractivity contribution < 1.29 is 27.1 Å². The Balaban J connectivity index is 1.56. The van der Waals surface area contributed by atoms with E-state index in [9.17, 15) is 18.0 Å². The number of aromatic nitrogens is 3. The van der Waals surface area contributed by atoms with Gasteiger partial charge in [0.1, 0.15) is 17.4 Å². The summed E-state index contributed by atoms with van der Waals surface area (Å²) in [5.41, 5.74) is 6.25. The number of rotatable bonds is 2. The number of pyridine rings is 1. The van der Waals surface area contributed by atoms with Crippen LogP contribution in [0, 0.1) is 5.82 Å². The largest absolute Gasteiger partial charge is 0.493 e. The Labute approximate surface area is 190 Å². The number of amides is 1. The summed E-state index contributed by atoms with van der Waals surface area (Å²) in [5, 5.41) is 5.26. The maximum atomic E-state index is 15.0. The summed E-state index contributed by atoms with van der Waals surface area (Å²) in [6.45, 7) is 0.121. The summed E-state index contributed by atoms with van der Waals surface area (Å²) < 4.78 is 61.3. The number of nitrogens with zero attached hydrogens (tertiary/aromatic N) is 4. The van der Waals surface area contributed by atoms with Gasteiger partial charge < -0.3 is 15.4 Å². The Morgan fingerprint density at radius 3 is 2.74 bits per heavy atom. The number of anilines is 1. The zero-order valence-corrected chi connectivity index (χ0v) is 18.2. The average Bonchev–Trinajstić information content (AvgIpc) is 3.19. The van der Waals surface area contributed by atoms with Gasteiger partial charge in [0, 0.05) is 37.5 Å². The van der Waals surface area contributed by atoms with Crippen molar-refractivity contribution in [1.29, 1.82) is 0 Å². The lowest BCUT2D eigenvalue weighted by Crippen LogP contribution is -2.35. The van der Waals surface area contributed by atoms with Gasteiger partial charge in [0.2, 0.25) is 0 Å². The first-order valence-corrected chi connectivity index (χ1v) is 10.4. The first-order chi connectivity index (χ1) is 16.1. The third kappa shape index (κ3) is 3.39. The number of alkyl halides is 3. The Kier molecular flexibility index (Phi) is 4.88. The van der Waals surface area contributed by atoms with Crippen LogP contribution in [0.15, 0.2) is 36.5 Å². The molecule has 2 N–H and O–H groups in total. The van der Waals surface area contributed by atoms with Crippen LogP contribution in [-0.2, 0) is 13.2 Å². The summed E-state index contributed by atoms with van der Waals surface area (Å²) in [4.78, 5) is 18.9. The maximum Gasteiger partial charge on any atom is 0.416 e. The molecule has 2 aromatic carbocycles. The Hall–Kier alpha value is -3.89. The monoisotopic (exact) mass is 473 g/mol. The van der Waals surface area contributed by atoms with Crippen LogP contribution in [0.4, 0.5) is 23.4 Å². The number of carbonyl (C=O) groups is 1. The number of carbonyl (C=O) groups excluding carboxylic acids is 1. The van der Waals surface area contributed by atoms with Crippen molar-refractivity contribution in [3.63, 3.8) is 0 Å². The molecule has 34 heavy (non-hydrogen) atoms. The van der Waals surface area contributed by atoms with Gasteiger partial charge in [-0.3, -0.25) is 9.48 Å². The van der Waals surface area contributed by atoms with E-state index in [0.717, 1.165) is 18.2 Å². The van der Waals surface area contributed by atoms with Crippen molar-refractivity contribution in [2.45, 2.75) is 18.6 Å². The summed E-state index contributed by atoms with van der Waals surface area (Å²) in [5.74, 6) is -1.15. The first kappa shape index (κ1) is 21.9. The van der Waals surface area contributed by atoms with Gasteiger partial charge in [-0.05, 0) is 18.2 Å². The molecule has 176 valence electrons. The minimum atomic E-state index is -4.52. The van der Waals surface area contributed by atoms with Crippen LogP contribution in [0.1, 0.15) is 33.9 Å². The molecule has 1 unspecified atom stereocenters. The molecule has 0 spiro atoms. The van der Waals surface area contributed by atoms with E-state index >= 15 is 4.39 Å². The number of hydrogen-bond acceptors (Lipinski definition) is 5. The molecule has 0 saturated carbocycles. The van der Waals surface area contributed by atoms with Gasteiger partial charge in [-0.25, -0.2) is 9.37 Å². The van der Waals surface area contributed by atoms with Gasteiger partial charge in [0.15, 0.2) is 0 Å². The van der Waals surface area contributed by atoms with E-state index in [4.69, 9.17) is 10.5 Å². The van der Waals surface area contributed by atoms with Gasteiger partial charge >= 0.3 is 6.18 Å². The number of halogens is 4. The van der Waals surface area contributed by atoms with Crippen molar-refractivity contribution in [3.8, 4) is 5.75 Å². The number of aryl methyl sites for hydroxylation is 1. The highest BCUT2D eigenvalue weighted by Gasteiger charge is 2.35. The highest BCUT2D eigenvalue weighted by Crippen LogP contribution is 2.40. The van der Waals surface area contributed by atoms with Crippen molar-refractivity contribution >= 4 is 33.5 Å². The molecule has 2 aromatic heterocycles. The number of hydrogen-bond donors (Lipinski definition) is 1. The zero-order chi connectivity index (χ0) is 24.4. The van der Waals surface area contributed by atoms with Crippen LogP contribution in [-0.4, -0.2) is 39.2 Å². The molecule has 1 atom stereocenters. The van der Waals surface area contributed by atoms with Crippen molar-refractivity contribution in [2.24, 2.45) is 7.05 Å². The SMILES string of the molecule is CN(C(=O)c1cc2c(cc1F)nc(N)c1cnn(C)c12)C1CCOc2cc(C(F)(F)F)ccc21. The van der Waals surface area contributed by atoms with E-state index in [1.165, 1.54) is 24.1 Å². The maximum absolute atomic E-state index is 15.0. The summed E-state index contributed by atoms with van der Waals surface area (Å²) in [6, 6.07) is 5.14. The highest BCUT2D eigenvalue weighted by molar-refractivity contribution is 6.10. The van der Waals surface area contributed by atoms with Crippen LogP contribution >= 0.6 is 0 Å². The average molecular weight is 473 g/mol. The Morgan fingerprint density at radius 1 is 1.24 bits per heavy atom. The molecule has 4 aromatic rings. The van der Waals surface area contributed by atoms with E-state index in [2.05, 4.69) is 10.1 Å². The summed E-state index contributed by atoms with van der Waals surface area (Å²) >= 11 is 0. The second-order valence-electron chi connectivity index (χ2n) is 8.20. The Bertz CT molecular complexity index is 1460. The minimum absolute atomic E-state index is 0.0565. The molecule has 0 bridgehead atoms. The molecule has 5 rings (SSSR count). The van der Waals surface area contributed by atoms with Crippen LogP contribution in [0.3, 0.4) is 0 Å². The number of nitrogens with two attached hydrogens (primary N) is 1. The predicted octanol–water partition coefficient (Wildman–Crippen LogP) is 4.46. The summed E-state index contributed by atoms with van der Waals surface area (Å²) in [7, 11) is 3.19. The molecule has 3 heterocycles. The third-order valence-electron chi connectivity index (χ3n) is 6.16. The molecule has 7 nitrogen and oxygen atoms in total. The van der Waals surface area contributed by atoms with Gasteiger partial charge in [0.05, 0.1) is 46.4 Å². The molecule has 1 aliphatic rings.